The zero-order chi connectivity index (χ0) is 22.0. The van der Waals surface area contributed by atoms with Crippen molar-refractivity contribution in [3.8, 4) is 11.8 Å². The topological polar surface area (TPSA) is 0 Å². The van der Waals surface area contributed by atoms with Crippen LogP contribution in [0.4, 0.5) is 17.6 Å². The molecule has 3 aromatic rings. The molecule has 0 bridgehead atoms. The van der Waals surface area contributed by atoms with Gasteiger partial charge in [-0.3, -0.25) is 0 Å². The van der Waals surface area contributed by atoms with Crippen molar-refractivity contribution >= 4 is 10.8 Å². The van der Waals surface area contributed by atoms with Crippen LogP contribution in [0.2, 0.25) is 0 Å². The van der Waals surface area contributed by atoms with Crippen molar-refractivity contribution < 1.29 is 17.6 Å². The molecule has 4 heteroatoms. The van der Waals surface area contributed by atoms with E-state index in [2.05, 4.69) is 18.4 Å². The van der Waals surface area contributed by atoms with E-state index in [-0.39, 0.29) is 11.5 Å². The highest BCUT2D eigenvalue weighted by Crippen LogP contribution is 2.38. The molecule has 0 radical (unpaired) electrons. The maximum absolute atomic E-state index is 14.7. The van der Waals surface area contributed by atoms with Crippen molar-refractivity contribution in [2.24, 2.45) is 5.92 Å². The smallest absolute Gasteiger partial charge is 0.159 e. The molecule has 0 unspecified atom stereocenters. The normalized spacial score (nSPS) is 18.5. The molecule has 0 aromatic heterocycles. The predicted molar refractivity (Wildman–Crippen MR) is 116 cm³/mol. The lowest BCUT2D eigenvalue weighted by Gasteiger charge is -2.28. The number of hydrogen-bond donors (Lipinski definition) is 0. The van der Waals surface area contributed by atoms with Crippen LogP contribution in [0.5, 0.6) is 0 Å². The molecule has 0 saturated heterocycles. The van der Waals surface area contributed by atoms with Gasteiger partial charge in [-0.25, -0.2) is 17.6 Å². The molecular formula is C27H22F4. The molecular weight excluding hydrogens is 400 g/mol. The second-order valence-corrected chi connectivity index (χ2v) is 8.18. The highest BCUT2D eigenvalue weighted by atomic mass is 19.2. The molecule has 1 aliphatic rings. The molecule has 4 rings (SSSR count). The van der Waals surface area contributed by atoms with Gasteiger partial charge in [-0.2, -0.15) is 0 Å². The lowest BCUT2D eigenvalue weighted by Crippen LogP contribution is -2.13. The highest BCUT2D eigenvalue weighted by Gasteiger charge is 2.23. The van der Waals surface area contributed by atoms with E-state index in [1.54, 1.807) is 18.2 Å². The third kappa shape index (κ3) is 4.66. The monoisotopic (exact) mass is 422 g/mol. The molecule has 1 aliphatic carbocycles. The van der Waals surface area contributed by atoms with Crippen molar-refractivity contribution in [2.45, 2.75) is 38.0 Å². The van der Waals surface area contributed by atoms with Gasteiger partial charge in [-0.05, 0) is 96.7 Å². The van der Waals surface area contributed by atoms with E-state index in [0.29, 0.717) is 27.8 Å². The molecule has 31 heavy (non-hydrogen) atoms. The summed E-state index contributed by atoms with van der Waals surface area (Å²) in [7, 11) is 0. The summed E-state index contributed by atoms with van der Waals surface area (Å²) in [5.41, 5.74) is 0.859. The Morgan fingerprint density at radius 2 is 1.42 bits per heavy atom. The fourth-order valence-corrected chi connectivity index (χ4v) is 4.37. The van der Waals surface area contributed by atoms with E-state index in [4.69, 9.17) is 0 Å². The van der Waals surface area contributed by atoms with Crippen LogP contribution >= 0.6 is 0 Å². The van der Waals surface area contributed by atoms with Crippen LogP contribution in [0.15, 0.2) is 55.1 Å². The molecule has 0 atom stereocenters. The number of benzene rings is 3. The average molecular weight is 422 g/mol. The number of rotatable bonds is 3. The van der Waals surface area contributed by atoms with E-state index in [1.807, 2.05) is 6.08 Å². The van der Waals surface area contributed by atoms with Crippen molar-refractivity contribution in [2.75, 3.05) is 0 Å². The molecule has 0 N–H and O–H groups in total. The molecule has 0 amide bonds. The second kappa shape index (κ2) is 8.98. The standard InChI is InChI=1S/C27H22F4/c1-2-3-17-4-8-19(9-5-17)22-14-24(28)23(25(29)15-22)11-7-18-6-10-20-13-26(30)27(31)16-21(20)12-18/h2,6,10,12-17,19H,1,3-5,8-9H2. The largest absolute Gasteiger partial charge is 0.206 e. The van der Waals surface area contributed by atoms with Crippen molar-refractivity contribution in [3.63, 3.8) is 0 Å². The minimum atomic E-state index is -0.955. The third-order valence-electron chi connectivity index (χ3n) is 6.09. The quantitative estimate of drug-likeness (QED) is 0.231. The molecule has 0 aliphatic heterocycles. The fourth-order valence-electron chi connectivity index (χ4n) is 4.37. The Labute approximate surface area is 179 Å². The van der Waals surface area contributed by atoms with E-state index in [1.165, 1.54) is 12.1 Å². The summed E-state index contributed by atoms with van der Waals surface area (Å²) in [6, 6.07) is 9.74. The molecule has 1 saturated carbocycles. The Bertz CT molecular complexity index is 1170. The zero-order valence-corrected chi connectivity index (χ0v) is 17.0. The number of hydrogen-bond acceptors (Lipinski definition) is 0. The summed E-state index contributed by atoms with van der Waals surface area (Å²) in [6.45, 7) is 3.78. The Hall–Kier alpha value is -3.06. The third-order valence-corrected chi connectivity index (χ3v) is 6.09. The van der Waals surface area contributed by atoms with Gasteiger partial charge in [0.2, 0.25) is 0 Å². The van der Waals surface area contributed by atoms with Crippen LogP contribution in [0.1, 0.15) is 54.7 Å². The minimum Gasteiger partial charge on any atom is -0.206 e. The maximum Gasteiger partial charge on any atom is 0.159 e. The van der Waals surface area contributed by atoms with Crippen molar-refractivity contribution in [1.82, 2.24) is 0 Å². The number of fused-ring (bicyclic) bond motifs is 1. The molecule has 3 aromatic carbocycles. The summed E-state index contributed by atoms with van der Waals surface area (Å²) in [4.78, 5) is 0. The average Bonchev–Trinajstić information content (AvgIpc) is 2.75. The summed E-state index contributed by atoms with van der Waals surface area (Å²) >= 11 is 0. The van der Waals surface area contributed by atoms with Crippen LogP contribution in [0.3, 0.4) is 0 Å². The van der Waals surface area contributed by atoms with Crippen LogP contribution in [0, 0.1) is 41.0 Å². The van der Waals surface area contributed by atoms with E-state index >= 15 is 0 Å². The fraction of sp³-hybridized carbons (Fsp3) is 0.259. The molecule has 0 nitrogen and oxygen atoms in total. The van der Waals surface area contributed by atoms with Gasteiger partial charge in [0.1, 0.15) is 11.6 Å². The first-order chi connectivity index (χ1) is 14.9. The number of halogens is 4. The van der Waals surface area contributed by atoms with E-state index < -0.39 is 23.3 Å². The van der Waals surface area contributed by atoms with E-state index in [0.717, 1.165) is 44.2 Å². The van der Waals surface area contributed by atoms with Crippen LogP contribution in [-0.2, 0) is 0 Å². The molecule has 0 heterocycles. The summed E-state index contributed by atoms with van der Waals surface area (Å²) in [5, 5.41) is 0.989. The first kappa shape index (κ1) is 21.2. The minimum absolute atomic E-state index is 0.155. The molecule has 158 valence electrons. The van der Waals surface area contributed by atoms with Gasteiger partial charge in [0.05, 0.1) is 5.56 Å². The number of allylic oxidation sites excluding steroid dienone is 1. The second-order valence-electron chi connectivity index (χ2n) is 8.18. The van der Waals surface area contributed by atoms with E-state index in [9.17, 15) is 17.6 Å². The van der Waals surface area contributed by atoms with Gasteiger partial charge in [-0.15, -0.1) is 6.58 Å². The lowest BCUT2D eigenvalue weighted by atomic mass is 9.77. The van der Waals surface area contributed by atoms with Crippen LogP contribution in [-0.4, -0.2) is 0 Å². The Morgan fingerprint density at radius 1 is 0.774 bits per heavy atom. The lowest BCUT2D eigenvalue weighted by molar-refractivity contribution is 0.327. The molecule has 0 spiro atoms. The SMILES string of the molecule is C=CCC1CCC(c2cc(F)c(C#Cc3ccc4cc(F)c(F)cc4c3)c(F)c2)CC1. The Morgan fingerprint density at radius 3 is 2.06 bits per heavy atom. The van der Waals surface area contributed by atoms with Crippen molar-refractivity contribution in [1.29, 1.82) is 0 Å². The maximum atomic E-state index is 14.7. The van der Waals surface area contributed by atoms with Gasteiger partial charge < -0.3 is 0 Å². The van der Waals surface area contributed by atoms with Gasteiger partial charge in [0, 0.05) is 5.56 Å². The highest BCUT2D eigenvalue weighted by molar-refractivity contribution is 5.84. The first-order valence-corrected chi connectivity index (χ1v) is 10.4. The van der Waals surface area contributed by atoms with Gasteiger partial charge in [0.25, 0.3) is 0 Å². The summed E-state index contributed by atoms with van der Waals surface area (Å²) < 4.78 is 56.2. The van der Waals surface area contributed by atoms with Crippen LogP contribution < -0.4 is 0 Å². The van der Waals surface area contributed by atoms with Crippen molar-refractivity contribution in [3.05, 3.63) is 95.1 Å². The van der Waals surface area contributed by atoms with Gasteiger partial charge in [-0.1, -0.05) is 24.0 Å². The Balaban J connectivity index is 1.56. The van der Waals surface area contributed by atoms with Crippen LogP contribution in [0.25, 0.3) is 10.8 Å². The predicted octanol–water partition coefficient (Wildman–Crippen LogP) is 7.65. The summed E-state index contributed by atoms with van der Waals surface area (Å²) in [6.07, 6.45) is 6.82. The zero-order valence-electron chi connectivity index (χ0n) is 17.0. The molecule has 1 fully saturated rings. The van der Waals surface area contributed by atoms with Gasteiger partial charge in [0.15, 0.2) is 11.6 Å². The Kier molecular flexibility index (Phi) is 6.13. The first-order valence-electron chi connectivity index (χ1n) is 10.4. The van der Waals surface area contributed by atoms with Gasteiger partial charge >= 0.3 is 0 Å². The summed E-state index contributed by atoms with van der Waals surface area (Å²) in [5.74, 6) is 2.83.